The molecule has 106 valence electrons. The molecule has 0 fully saturated rings. The molecular formula is C16H13NO4. The molecule has 0 saturated carbocycles. The van der Waals surface area contributed by atoms with E-state index in [0.29, 0.717) is 29.4 Å². The molecule has 4 rings (SSSR count). The molecule has 0 bridgehead atoms. The molecule has 0 saturated heterocycles. The first-order valence-electron chi connectivity index (χ1n) is 6.77. The van der Waals surface area contributed by atoms with Crippen molar-refractivity contribution in [3.05, 3.63) is 47.5 Å². The molecule has 0 atom stereocenters. The quantitative estimate of drug-likeness (QED) is 0.920. The highest BCUT2D eigenvalue weighted by Gasteiger charge is 2.19. The molecule has 0 spiro atoms. The van der Waals surface area contributed by atoms with Gasteiger partial charge in [-0.05, 0) is 29.8 Å². The van der Waals surface area contributed by atoms with Crippen molar-refractivity contribution in [1.82, 2.24) is 0 Å². The van der Waals surface area contributed by atoms with Crippen molar-refractivity contribution < 1.29 is 19.0 Å². The molecule has 0 unspecified atom stereocenters. The maximum Gasteiger partial charge on any atom is 0.255 e. The predicted molar refractivity (Wildman–Crippen MR) is 76.2 cm³/mol. The lowest BCUT2D eigenvalue weighted by Crippen LogP contribution is -2.12. The molecule has 21 heavy (non-hydrogen) atoms. The molecule has 2 aromatic rings. The van der Waals surface area contributed by atoms with Gasteiger partial charge in [0.2, 0.25) is 6.79 Å². The van der Waals surface area contributed by atoms with E-state index in [0.717, 1.165) is 17.7 Å². The molecule has 1 N–H and O–H groups in total. The zero-order valence-electron chi connectivity index (χ0n) is 11.2. The summed E-state index contributed by atoms with van der Waals surface area (Å²) in [6.07, 6.45) is 0.878. The summed E-state index contributed by atoms with van der Waals surface area (Å²) in [5, 5.41) is 2.89. The van der Waals surface area contributed by atoms with Crippen LogP contribution in [0.2, 0.25) is 0 Å². The summed E-state index contributed by atoms with van der Waals surface area (Å²) in [5.41, 5.74) is 2.35. The second kappa shape index (κ2) is 4.70. The van der Waals surface area contributed by atoms with Crippen LogP contribution in [0.5, 0.6) is 17.2 Å². The average molecular weight is 283 g/mol. The summed E-state index contributed by atoms with van der Waals surface area (Å²) >= 11 is 0. The lowest BCUT2D eigenvalue weighted by molar-refractivity contribution is 0.102. The van der Waals surface area contributed by atoms with E-state index in [1.807, 2.05) is 18.2 Å². The molecule has 2 aliphatic heterocycles. The third-order valence-corrected chi connectivity index (χ3v) is 3.60. The number of ether oxygens (including phenoxy) is 3. The SMILES string of the molecule is O=C(Nc1cccc2c1OCC2)c1ccc2c(c1)OCO2. The van der Waals surface area contributed by atoms with Gasteiger partial charge in [0, 0.05) is 12.0 Å². The van der Waals surface area contributed by atoms with Crippen molar-refractivity contribution >= 4 is 11.6 Å². The molecule has 0 radical (unpaired) electrons. The van der Waals surface area contributed by atoms with E-state index < -0.39 is 0 Å². The Balaban J connectivity index is 1.60. The number of carbonyl (C=O) groups excluding carboxylic acids is 1. The number of rotatable bonds is 2. The third kappa shape index (κ3) is 2.07. The van der Waals surface area contributed by atoms with Gasteiger partial charge in [-0.15, -0.1) is 0 Å². The highest BCUT2D eigenvalue weighted by molar-refractivity contribution is 6.05. The molecule has 0 aromatic heterocycles. The van der Waals surface area contributed by atoms with Gasteiger partial charge in [0.05, 0.1) is 12.3 Å². The lowest BCUT2D eigenvalue weighted by atomic mass is 10.1. The van der Waals surface area contributed by atoms with Gasteiger partial charge in [0.15, 0.2) is 11.5 Å². The maximum atomic E-state index is 12.4. The van der Waals surface area contributed by atoms with Crippen LogP contribution in [0.25, 0.3) is 0 Å². The summed E-state index contributed by atoms with van der Waals surface area (Å²) in [6.45, 7) is 0.854. The van der Waals surface area contributed by atoms with Gasteiger partial charge in [-0.1, -0.05) is 12.1 Å². The Kier molecular flexibility index (Phi) is 2.70. The summed E-state index contributed by atoms with van der Waals surface area (Å²) < 4.78 is 16.1. The van der Waals surface area contributed by atoms with Crippen molar-refractivity contribution in [2.24, 2.45) is 0 Å². The first kappa shape index (κ1) is 12.1. The van der Waals surface area contributed by atoms with Crippen LogP contribution in [-0.2, 0) is 6.42 Å². The highest BCUT2D eigenvalue weighted by Crippen LogP contribution is 2.35. The fourth-order valence-corrected chi connectivity index (χ4v) is 2.55. The van der Waals surface area contributed by atoms with Gasteiger partial charge >= 0.3 is 0 Å². The number of nitrogens with one attached hydrogen (secondary N) is 1. The number of carbonyl (C=O) groups is 1. The van der Waals surface area contributed by atoms with Crippen molar-refractivity contribution in [1.29, 1.82) is 0 Å². The van der Waals surface area contributed by atoms with Crippen LogP contribution in [0, 0.1) is 0 Å². The largest absolute Gasteiger partial charge is 0.491 e. The number of anilines is 1. The Labute approximate surface area is 121 Å². The van der Waals surface area contributed by atoms with Crippen molar-refractivity contribution in [2.45, 2.75) is 6.42 Å². The van der Waals surface area contributed by atoms with Gasteiger partial charge in [0.1, 0.15) is 5.75 Å². The van der Waals surface area contributed by atoms with Crippen LogP contribution in [-0.4, -0.2) is 19.3 Å². The van der Waals surface area contributed by atoms with E-state index in [1.165, 1.54) is 0 Å². The van der Waals surface area contributed by atoms with E-state index in [9.17, 15) is 4.79 Å². The molecule has 0 aliphatic carbocycles. The number of hydrogen-bond donors (Lipinski definition) is 1. The minimum absolute atomic E-state index is 0.195. The monoisotopic (exact) mass is 283 g/mol. The Morgan fingerprint density at radius 1 is 1.05 bits per heavy atom. The number of hydrogen-bond acceptors (Lipinski definition) is 4. The topological polar surface area (TPSA) is 56.8 Å². The molecule has 1 amide bonds. The predicted octanol–water partition coefficient (Wildman–Crippen LogP) is 2.60. The van der Waals surface area contributed by atoms with Crippen LogP contribution < -0.4 is 19.5 Å². The summed E-state index contributed by atoms with van der Waals surface area (Å²) in [7, 11) is 0. The summed E-state index contributed by atoms with van der Waals surface area (Å²) in [6, 6.07) is 10.9. The van der Waals surface area contributed by atoms with Crippen LogP contribution in [0.4, 0.5) is 5.69 Å². The van der Waals surface area contributed by atoms with E-state index in [2.05, 4.69) is 5.32 Å². The van der Waals surface area contributed by atoms with Crippen LogP contribution in [0.15, 0.2) is 36.4 Å². The summed E-state index contributed by atoms with van der Waals surface area (Å²) in [5.74, 6) is 1.83. The molecule has 5 heteroatoms. The van der Waals surface area contributed by atoms with Crippen molar-refractivity contribution in [2.75, 3.05) is 18.7 Å². The second-order valence-corrected chi connectivity index (χ2v) is 4.91. The number of fused-ring (bicyclic) bond motifs is 2. The minimum atomic E-state index is -0.197. The maximum absolute atomic E-state index is 12.4. The van der Waals surface area contributed by atoms with Gasteiger partial charge in [0.25, 0.3) is 5.91 Å². The third-order valence-electron chi connectivity index (χ3n) is 3.60. The number of para-hydroxylation sites is 1. The Hall–Kier alpha value is -2.69. The minimum Gasteiger partial charge on any atom is -0.491 e. The molecular weight excluding hydrogens is 270 g/mol. The Morgan fingerprint density at radius 3 is 2.90 bits per heavy atom. The molecule has 2 aliphatic rings. The van der Waals surface area contributed by atoms with Crippen LogP contribution in [0.1, 0.15) is 15.9 Å². The fourth-order valence-electron chi connectivity index (χ4n) is 2.55. The van der Waals surface area contributed by atoms with Crippen molar-refractivity contribution in [3.8, 4) is 17.2 Å². The van der Waals surface area contributed by atoms with E-state index in [4.69, 9.17) is 14.2 Å². The highest BCUT2D eigenvalue weighted by atomic mass is 16.7. The second-order valence-electron chi connectivity index (χ2n) is 4.91. The van der Waals surface area contributed by atoms with Crippen LogP contribution in [0.3, 0.4) is 0 Å². The first-order chi connectivity index (χ1) is 10.3. The van der Waals surface area contributed by atoms with E-state index in [-0.39, 0.29) is 12.7 Å². The van der Waals surface area contributed by atoms with Crippen molar-refractivity contribution in [3.63, 3.8) is 0 Å². The Morgan fingerprint density at radius 2 is 1.95 bits per heavy atom. The van der Waals surface area contributed by atoms with Crippen LogP contribution >= 0.6 is 0 Å². The first-order valence-corrected chi connectivity index (χ1v) is 6.77. The summed E-state index contributed by atoms with van der Waals surface area (Å²) in [4.78, 5) is 12.4. The average Bonchev–Trinajstić information content (AvgIpc) is 3.15. The van der Waals surface area contributed by atoms with Gasteiger partial charge in [-0.25, -0.2) is 0 Å². The molecule has 2 aromatic carbocycles. The van der Waals surface area contributed by atoms with Gasteiger partial charge in [-0.3, -0.25) is 4.79 Å². The Bertz CT molecular complexity index is 726. The number of benzene rings is 2. The van der Waals surface area contributed by atoms with Gasteiger partial charge in [-0.2, -0.15) is 0 Å². The van der Waals surface area contributed by atoms with E-state index >= 15 is 0 Å². The molecule has 2 heterocycles. The molecule has 5 nitrogen and oxygen atoms in total. The number of amides is 1. The van der Waals surface area contributed by atoms with E-state index in [1.54, 1.807) is 18.2 Å². The zero-order chi connectivity index (χ0) is 14.2. The fraction of sp³-hybridized carbons (Fsp3) is 0.188. The van der Waals surface area contributed by atoms with Gasteiger partial charge < -0.3 is 19.5 Å². The zero-order valence-corrected chi connectivity index (χ0v) is 11.2. The smallest absolute Gasteiger partial charge is 0.255 e. The standard InChI is InChI=1S/C16H13NO4/c18-16(11-4-5-13-14(8-11)21-9-20-13)17-12-3-1-2-10-6-7-19-15(10)12/h1-5,8H,6-7,9H2,(H,17,18). The normalized spacial score (nSPS) is 14.5. The lowest BCUT2D eigenvalue weighted by Gasteiger charge is -2.10.